The van der Waals surface area contributed by atoms with Gasteiger partial charge in [0.25, 0.3) is 0 Å². The van der Waals surface area contributed by atoms with Crippen LogP contribution in [-0.2, 0) is 5.41 Å². The van der Waals surface area contributed by atoms with Crippen LogP contribution in [0, 0.1) is 0 Å². The summed E-state index contributed by atoms with van der Waals surface area (Å²) in [5, 5.41) is 0. The zero-order valence-corrected chi connectivity index (χ0v) is 16.2. The second kappa shape index (κ2) is 9.64. The molecule has 3 rings (SSSR count). The number of hydrogen-bond acceptors (Lipinski definition) is 1. The highest BCUT2D eigenvalue weighted by Crippen LogP contribution is 2.43. The zero-order valence-electron chi connectivity index (χ0n) is 15.4. The minimum atomic E-state index is -0.0925. The van der Waals surface area contributed by atoms with Crippen molar-refractivity contribution < 1.29 is 0 Å². The van der Waals surface area contributed by atoms with Gasteiger partial charge in [0, 0.05) is 5.41 Å². The lowest BCUT2D eigenvalue weighted by molar-refractivity contribution is 0.508. The molecule has 3 aromatic rings. The average molecular weight is 361 g/mol. The average Bonchev–Trinajstić information content (AvgIpc) is 2.73. The zero-order chi connectivity index (χ0) is 18.1. The summed E-state index contributed by atoms with van der Waals surface area (Å²) in [7, 11) is 0. The molecule has 26 heavy (non-hydrogen) atoms. The fourth-order valence-electron chi connectivity index (χ4n) is 3.96. The Balaban J connectivity index is 2.06. The van der Waals surface area contributed by atoms with E-state index in [-0.39, 0.29) is 5.41 Å². The summed E-state index contributed by atoms with van der Waals surface area (Å²) in [6.07, 6.45) is 6.06. The Morgan fingerprint density at radius 1 is 0.500 bits per heavy atom. The van der Waals surface area contributed by atoms with Gasteiger partial charge in [-0.15, -0.1) is 0 Å². The Labute approximate surface area is 163 Å². The molecule has 0 aromatic heterocycles. The van der Waals surface area contributed by atoms with E-state index in [0.717, 1.165) is 12.2 Å². The first kappa shape index (κ1) is 18.8. The summed E-state index contributed by atoms with van der Waals surface area (Å²) in [6, 6.07) is 33.0. The first-order valence-electron chi connectivity index (χ1n) is 9.65. The van der Waals surface area contributed by atoms with Gasteiger partial charge in [-0.2, -0.15) is 12.6 Å². The van der Waals surface area contributed by atoms with E-state index in [2.05, 4.69) is 104 Å². The van der Waals surface area contributed by atoms with Crippen molar-refractivity contribution in [2.75, 3.05) is 5.75 Å². The van der Waals surface area contributed by atoms with E-state index >= 15 is 0 Å². The van der Waals surface area contributed by atoms with Crippen LogP contribution in [0.3, 0.4) is 0 Å². The predicted octanol–water partition coefficient (Wildman–Crippen LogP) is 6.90. The summed E-state index contributed by atoms with van der Waals surface area (Å²) in [6.45, 7) is 0. The van der Waals surface area contributed by atoms with Gasteiger partial charge in [-0.25, -0.2) is 0 Å². The van der Waals surface area contributed by atoms with Crippen molar-refractivity contribution in [3.05, 3.63) is 108 Å². The second-order valence-electron chi connectivity index (χ2n) is 6.89. The molecule has 3 aromatic carbocycles. The van der Waals surface area contributed by atoms with Gasteiger partial charge in [-0.05, 0) is 35.3 Å². The first-order valence-corrected chi connectivity index (χ1v) is 10.3. The van der Waals surface area contributed by atoms with Crippen LogP contribution < -0.4 is 0 Å². The Hall–Kier alpha value is -1.99. The van der Waals surface area contributed by atoms with E-state index in [0.29, 0.717) is 0 Å². The van der Waals surface area contributed by atoms with Gasteiger partial charge in [-0.3, -0.25) is 0 Å². The minimum absolute atomic E-state index is 0.0925. The largest absolute Gasteiger partial charge is 0.179 e. The SMILES string of the molecule is SCCCCCCC(c1ccccc1)(c1ccccc1)c1ccccc1. The molecule has 0 unspecified atom stereocenters. The molecule has 0 saturated heterocycles. The number of unbranched alkanes of at least 4 members (excludes halogenated alkanes) is 3. The maximum atomic E-state index is 4.35. The Morgan fingerprint density at radius 2 is 0.885 bits per heavy atom. The highest BCUT2D eigenvalue weighted by molar-refractivity contribution is 7.80. The molecule has 0 nitrogen and oxygen atoms in total. The second-order valence-corrected chi connectivity index (χ2v) is 7.34. The van der Waals surface area contributed by atoms with Crippen LogP contribution in [0.2, 0.25) is 0 Å². The topological polar surface area (TPSA) is 0 Å². The standard InChI is InChI=1S/C25H28S/c26-21-13-2-1-12-20-25(22-14-6-3-7-15-22,23-16-8-4-9-17-23)24-18-10-5-11-19-24/h3-11,14-19,26H,1-2,12-13,20-21H2. The third kappa shape index (κ3) is 4.22. The van der Waals surface area contributed by atoms with Gasteiger partial charge in [0.1, 0.15) is 0 Å². The molecule has 0 bridgehead atoms. The van der Waals surface area contributed by atoms with E-state index in [9.17, 15) is 0 Å². The van der Waals surface area contributed by atoms with Crippen molar-refractivity contribution in [3.63, 3.8) is 0 Å². The molecule has 0 aliphatic heterocycles. The smallest absolute Gasteiger partial charge is 0.0451 e. The quantitative estimate of drug-likeness (QED) is 0.239. The Morgan fingerprint density at radius 3 is 1.27 bits per heavy atom. The lowest BCUT2D eigenvalue weighted by Crippen LogP contribution is -2.29. The lowest BCUT2D eigenvalue weighted by Gasteiger charge is -2.36. The Kier molecular flexibility index (Phi) is 6.96. The number of thiol groups is 1. The summed E-state index contributed by atoms with van der Waals surface area (Å²) in [4.78, 5) is 0. The number of hydrogen-bond donors (Lipinski definition) is 1. The van der Waals surface area contributed by atoms with Crippen molar-refractivity contribution in [1.29, 1.82) is 0 Å². The van der Waals surface area contributed by atoms with Crippen LogP contribution in [0.1, 0.15) is 48.8 Å². The van der Waals surface area contributed by atoms with E-state index in [1.54, 1.807) is 0 Å². The van der Waals surface area contributed by atoms with Crippen LogP contribution in [-0.4, -0.2) is 5.75 Å². The van der Waals surface area contributed by atoms with Crippen LogP contribution >= 0.6 is 12.6 Å². The number of benzene rings is 3. The van der Waals surface area contributed by atoms with Gasteiger partial charge in [0.15, 0.2) is 0 Å². The fourth-order valence-corrected chi connectivity index (χ4v) is 4.18. The third-order valence-corrected chi connectivity index (χ3v) is 5.58. The van der Waals surface area contributed by atoms with Crippen molar-refractivity contribution in [3.8, 4) is 0 Å². The van der Waals surface area contributed by atoms with Crippen LogP contribution in [0.25, 0.3) is 0 Å². The molecular weight excluding hydrogens is 332 g/mol. The third-order valence-electron chi connectivity index (χ3n) is 5.26. The van der Waals surface area contributed by atoms with Gasteiger partial charge >= 0.3 is 0 Å². The molecule has 0 saturated carbocycles. The van der Waals surface area contributed by atoms with Gasteiger partial charge in [-0.1, -0.05) is 110 Å². The van der Waals surface area contributed by atoms with Gasteiger partial charge in [0.2, 0.25) is 0 Å². The van der Waals surface area contributed by atoms with Crippen molar-refractivity contribution >= 4 is 12.6 Å². The summed E-state index contributed by atoms with van der Waals surface area (Å²) in [5.74, 6) is 0.987. The molecule has 0 heterocycles. The normalized spacial score (nSPS) is 11.4. The van der Waals surface area contributed by atoms with Gasteiger partial charge < -0.3 is 0 Å². The summed E-state index contributed by atoms with van der Waals surface area (Å²) in [5.41, 5.74) is 4.05. The summed E-state index contributed by atoms with van der Waals surface area (Å²) < 4.78 is 0. The fraction of sp³-hybridized carbons (Fsp3) is 0.280. The van der Waals surface area contributed by atoms with Crippen molar-refractivity contribution in [2.45, 2.75) is 37.5 Å². The maximum absolute atomic E-state index is 4.35. The molecule has 0 aliphatic carbocycles. The van der Waals surface area contributed by atoms with E-state index in [4.69, 9.17) is 0 Å². The molecule has 0 spiro atoms. The highest BCUT2D eigenvalue weighted by atomic mass is 32.1. The van der Waals surface area contributed by atoms with Crippen LogP contribution in [0.4, 0.5) is 0 Å². The molecule has 0 aliphatic rings. The van der Waals surface area contributed by atoms with Crippen molar-refractivity contribution in [2.24, 2.45) is 0 Å². The van der Waals surface area contributed by atoms with Gasteiger partial charge in [0.05, 0.1) is 0 Å². The maximum Gasteiger partial charge on any atom is 0.0451 e. The van der Waals surface area contributed by atoms with Crippen LogP contribution in [0.15, 0.2) is 91.0 Å². The molecular formula is C25H28S. The summed E-state index contributed by atoms with van der Waals surface area (Å²) >= 11 is 4.35. The predicted molar refractivity (Wildman–Crippen MR) is 116 cm³/mol. The minimum Gasteiger partial charge on any atom is -0.179 e. The molecule has 1 heteroatoms. The van der Waals surface area contributed by atoms with Crippen molar-refractivity contribution in [1.82, 2.24) is 0 Å². The van der Waals surface area contributed by atoms with Crippen LogP contribution in [0.5, 0.6) is 0 Å². The van der Waals surface area contributed by atoms with E-state index in [1.165, 1.54) is 42.4 Å². The number of rotatable bonds is 9. The van der Waals surface area contributed by atoms with E-state index in [1.807, 2.05) is 0 Å². The Bertz CT molecular complexity index is 653. The molecule has 0 N–H and O–H groups in total. The molecule has 0 atom stereocenters. The molecule has 0 fully saturated rings. The van der Waals surface area contributed by atoms with E-state index < -0.39 is 0 Å². The highest BCUT2D eigenvalue weighted by Gasteiger charge is 2.35. The monoisotopic (exact) mass is 360 g/mol. The molecule has 134 valence electrons. The lowest BCUT2D eigenvalue weighted by atomic mass is 9.66. The first-order chi connectivity index (χ1) is 12.9. The molecule has 0 amide bonds. The molecule has 0 radical (unpaired) electrons.